The fraction of sp³-hybridized carbons (Fsp3) is 0.148. The van der Waals surface area contributed by atoms with Crippen LogP contribution in [-0.2, 0) is 5.41 Å². The van der Waals surface area contributed by atoms with Gasteiger partial charge in [0.1, 0.15) is 11.2 Å². The highest BCUT2D eigenvalue weighted by molar-refractivity contribution is 6.09. The average Bonchev–Trinajstić information content (AvgIpc) is 3.17. The van der Waals surface area contributed by atoms with Crippen LogP contribution in [0.4, 0.5) is 0 Å². The topological polar surface area (TPSA) is 26.0 Å². The summed E-state index contributed by atoms with van der Waals surface area (Å²) in [6, 6.07) is 25.7. The molecule has 5 rings (SSSR count). The highest BCUT2D eigenvalue weighted by atomic mass is 16.3. The van der Waals surface area contributed by atoms with E-state index in [2.05, 4.69) is 55.2 Å². The monoisotopic (exact) mass is 380 g/mol. The van der Waals surface area contributed by atoms with Crippen LogP contribution in [0.15, 0.2) is 89.5 Å². The van der Waals surface area contributed by atoms with E-state index >= 15 is 0 Å². The highest BCUT2D eigenvalue weighted by Crippen LogP contribution is 2.37. The molecule has 0 aliphatic rings. The van der Waals surface area contributed by atoms with Crippen molar-refractivity contribution >= 4 is 21.9 Å². The fourth-order valence-corrected chi connectivity index (χ4v) is 3.99. The molecular weight excluding hydrogens is 354 g/mol. The minimum absolute atomic E-state index is 0.185. The van der Waals surface area contributed by atoms with Crippen LogP contribution in [0.3, 0.4) is 0 Å². The van der Waals surface area contributed by atoms with E-state index in [1.54, 1.807) is 12.1 Å². The van der Waals surface area contributed by atoms with Gasteiger partial charge in [-0.1, -0.05) is 68.4 Å². The van der Waals surface area contributed by atoms with Crippen LogP contribution in [0.5, 0.6) is 0 Å². The average molecular weight is 381 g/mol. The molecule has 0 N–H and O–H groups in total. The van der Waals surface area contributed by atoms with E-state index in [4.69, 9.17) is 8.53 Å². The summed E-state index contributed by atoms with van der Waals surface area (Å²) in [6.45, 7) is 2.24. The SMILES string of the molecule is [2H]C([2H])([2H])c1ccc2c(c1)oc1c(-c3cc(C(C)(C)c4ccccc4)ccn3)cccc12. The molecule has 0 aliphatic carbocycles. The van der Waals surface area contributed by atoms with Crippen molar-refractivity contribution < 1.29 is 8.53 Å². The molecule has 3 aromatic carbocycles. The van der Waals surface area contributed by atoms with E-state index in [-0.39, 0.29) is 11.0 Å². The molecule has 0 saturated heterocycles. The molecule has 2 heteroatoms. The lowest BCUT2D eigenvalue weighted by molar-refractivity contribution is 0.640. The summed E-state index contributed by atoms with van der Waals surface area (Å²) in [6.07, 6.45) is 1.84. The maximum atomic E-state index is 7.69. The maximum absolute atomic E-state index is 7.69. The van der Waals surface area contributed by atoms with Gasteiger partial charge < -0.3 is 4.42 Å². The van der Waals surface area contributed by atoms with Crippen LogP contribution in [0, 0.1) is 6.85 Å². The second-order valence-electron chi connectivity index (χ2n) is 7.92. The molecule has 0 amide bonds. The summed E-state index contributed by atoms with van der Waals surface area (Å²) < 4.78 is 29.3. The Morgan fingerprint density at radius 1 is 0.828 bits per heavy atom. The summed E-state index contributed by atoms with van der Waals surface area (Å²) in [5.74, 6) is 0. The van der Waals surface area contributed by atoms with Crippen molar-refractivity contribution in [3.05, 3.63) is 102 Å². The highest BCUT2D eigenvalue weighted by Gasteiger charge is 2.24. The molecular formula is C27H23NO. The van der Waals surface area contributed by atoms with Gasteiger partial charge in [-0.3, -0.25) is 4.98 Å². The van der Waals surface area contributed by atoms with Gasteiger partial charge in [0.2, 0.25) is 0 Å². The number of aryl methyl sites for hydroxylation is 1. The first-order valence-electron chi connectivity index (χ1n) is 11.2. The largest absolute Gasteiger partial charge is 0.455 e. The fourth-order valence-electron chi connectivity index (χ4n) is 3.99. The second kappa shape index (κ2) is 6.59. The molecule has 0 aliphatic heterocycles. The molecule has 0 radical (unpaired) electrons. The van der Waals surface area contributed by atoms with Crippen molar-refractivity contribution in [2.45, 2.75) is 26.1 Å². The summed E-state index contributed by atoms with van der Waals surface area (Å²) in [7, 11) is 0. The van der Waals surface area contributed by atoms with Gasteiger partial charge in [-0.05, 0) is 47.8 Å². The maximum Gasteiger partial charge on any atom is 0.144 e. The van der Waals surface area contributed by atoms with Crippen molar-refractivity contribution in [1.82, 2.24) is 4.98 Å². The molecule has 29 heavy (non-hydrogen) atoms. The minimum atomic E-state index is -2.17. The zero-order valence-electron chi connectivity index (χ0n) is 19.4. The Kier molecular flexibility index (Phi) is 3.32. The summed E-state index contributed by atoms with van der Waals surface area (Å²) in [5.41, 5.74) is 5.48. The van der Waals surface area contributed by atoms with Crippen molar-refractivity contribution in [1.29, 1.82) is 0 Å². The molecule has 2 aromatic heterocycles. The van der Waals surface area contributed by atoms with Gasteiger partial charge in [-0.25, -0.2) is 0 Å². The Morgan fingerprint density at radius 3 is 2.52 bits per heavy atom. The quantitative estimate of drug-likeness (QED) is 0.329. The van der Waals surface area contributed by atoms with Gasteiger partial charge in [0.05, 0.1) is 5.69 Å². The molecule has 0 bridgehead atoms. The molecule has 2 heterocycles. The summed E-state index contributed by atoms with van der Waals surface area (Å²) >= 11 is 0. The van der Waals surface area contributed by atoms with E-state index in [0.29, 0.717) is 11.2 Å². The number of fused-ring (bicyclic) bond motifs is 3. The summed E-state index contributed by atoms with van der Waals surface area (Å²) in [5, 5.41) is 1.85. The number of hydrogen-bond acceptors (Lipinski definition) is 2. The first-order valence-corrected chi connectivity index (χ1v) is 9.73. The van der Waals surface area contributed by atoms with Crippen molar-refractivity contribution in [2.75, 3.05) is 0 Å². The van der Waals surface area contributed by atoms with Gasteiger partial charge in [-0.2, -0.15) is 0 Å². The van der Waals surface area contributed by atoms with Gasteiger partial charge >= 0.3 is 0 Å². The van der Waals surface area contributed by atoms with Crippen LogP contribution in [0.1, 0.15) is 34.7 Å². The van der Waals surface area contributed by atoms with Crippen molar-refractivity contribution in [3.8, 4) is 11.3 Å². The zero-order valence-corrected chi connectivity index (χ0v) is 16.4. The van der Waals surface area contributed by atoms with Crippen molar-refractivity contribution in [2.24, 2.45) is 0 Å². The number of benzene rings is 3. The Hall–Kier alpha value is -3.39. The number of aromatic nitrogens is 1. The molecule has 0 unspecified atom stereocenters. The molecule has 0 fully saturated rings. The number of pyridine rings is 1. The molecule has 2 nitrogen and oxygen atoms in total. The zero-order chi connectivity index (χ0) is 22.5. The molecule has 5 aromatic rings. The number of hydrogen-bond donors (Lipinski definition) is 0. The lowest BCUT2D eigenvalue weighted by Crippen LogP contribution is -2.18. The first kappa shape index (κ1) is 14.6. The Bertz CT molecular complexity index is 1430. The lowest BCUT2D eigenvalue weighted by atomic mass is 9.78. The minimum Gasteiger partial charge on any atom is -0.455 e. The van der Waals surface area contributed by atoms with E-state index in [1.807, 2.05) is 36.5 Å². The standard InChI is InChI=1S/C27H23NO/c1-18-12-13-21-22-10-7-11-23(26(22)29-25(21)16-18)24-17-20(14-15-28-24)27(2,3)19-8-5-4-6-9-19/h4-17H,1-3H3/i1D3. The van der Waals surface area contributed by atoms with E-state index in [0.717, 1.165) is 27.6 Å². The second-order valence-corrected chi connectivity index (χ2v) is 7.92. The lowest BCUT2D eigenvalue weighted by Gasteiger charge is -2.26. The predicted octanol–water partition coefficient (Wildman–Crippen LogP) is 7.28. The number of nitrogens with zero attached hydrogens (tertiary/aromatic N) is 1. The van der Waals surface area contributed by atoms with Gasteiger partial charge in [-0.15, -0.1) is 0 Å². The van der Waals surface area contributed by atoms with Crippen LogP contribution in [0.2, 0.25) is 0 Å². The van der Waals surface area contributed by atoms with Crippen LogP contribution >= 0.6 is 0 Å². The normalized spacial score (nSPS) is 13.9. The third-order valence-electron chi connectivity index (χ3n) is 5.75. The van der Waals surface area contributed by atoms with Crippen molar-refractivity contribution in [3.63, 3.8) is 0 Å². The van der Waals surface area contributed by atoms with Crippen LogP contribution in [-0.4, -0.2) is 4.98 Å². The van der Waals surface area contributed by atoms with E-state index < -0.39 is 6.85 Å². The molecule has 0 atom stereocenters. The predicted molar refractivity (Wildman–Crippen MR) is 120 cm³/mol. The smallest absolute Gasteiger partial charge is 0.144 e. The summed E-state index contributed by atoms with van der Waals surface area (Å²) in [4.78, 5) is 4.64. The molecule has 142 valence electrons. The first-order chi connectivity index (χ1) is 15.2. The number of rotatable bonds is 3. The van der Waals surface area contributed by atoms with Crippen LogP contribution in [0.25, 0.3) is 33.2 Å². The Labute approximate surface area is 175 Å². The van der Waals surface area contributed by atoms with E-state index in [1.165, 1.54) is 5.56 Å². The van der Waals surface area contributed by atoms with Crippen LogP contribution < -0.4 is 0 Å². The molecule has 0 spiro atoms. The van der Waals surface area contributed by atoms with Gasteiger partial charge in [0, 0.05) is 32.1 Å². The van der Waals surface area contributed by atoms with E-state index in [9.17, 15) is 0 Å². The number of furan rings is 1. The third kappa shape index (κ3) is 2.92. The third-order valence-corrected chi connectivity index (χ3v) is 5.75. The van der Waals surface area contributed by atoms with Gasteiger partial charge in [0.15, 0.2) is 0 Å². The Balaban J connectivity index is 1.66. The Morgan fingerprint density at radius 2 is 1.69 bits per heavy atom. The number of para-hydroxylation sites is 1. The van der Waals surface area contributed by atoms with Gasteiger partial charge in [0.25, 0.3) is 0 Å². The molecule has 0 saturated carbocycles.